The molecule has 0 spiro atoms. The fraction of sp³-hybridized carbons (Fsp3) is 0.263. The number of hydrogen-bond acceptors (Lipinski definition) is 6. The normalized spacial score (nSPS) is 10.5. The number of esters is 1. The predicted octanol–water partition coefficient (Wildman–Crippen LogP) is 2.94. The lowest BCUT2D eigenvalue weighted by Gasteiger charge is -2.09. The lowest BCUT2D eigenvalue weighted by molar-refractivity contribution is -0.144. The second-order valence-electron chi connectivity index (χ2n) is 5.91. The van der Waals surface area contributed by atoms with Gasteiger partial charge in [0.05, 0.1) is 29.2 Å². The number of rotatable bonds is 5. The van der Waals surface area contributed by atoms with Crippen LogP contribution >= 0.6 is 0 Å². The maximum absolute atomic E-state index is 12.2. The van der Waals surface area contributed by atoms with Crippen LogP contribution < -0.4 is 0 Å². The van der Waals surface area contributed by atoms with Crippen molar-refractivity contribution in [2.75, 3.05) is 0 Å². The third kappa shape index (κ3) is 3.35. The van der Waals surface area contributed by atoms with Crippen LogP contribution in [0.15, 0.2) is 34.9 Å². The van der Waals surface area contributed by atoms with Crippen molar-refractivity contribution in [2.45, 2.75) is 33.8 Å². The summed E-state index contributed by atoms with van der Waals surface area (Å²) in [4.78, 5) is 12.2. The molecule has 7 heteroatoms. The van der Waals surface area contributed by atoms with Crippen molar-refractivity contribution in [2.24, 2.45) is 0 Å². The van der Waals surface area contributed by atoms with Gasteiger partial charge in [0.2, 0.25) is 0 Å². The average molecular weight is 350 g/mol. The molecule has 0 saturated carbocycles. The molecule has 2 aromatic heterocycles. The molecule has 3 aromatic rings. The molecule has 7 nitrogen and oxygen atoms in total. The Kier molecular flexibility index (Phi) is 4.85. The number of ether oxygens (including phenoxy) is 1. The van der Waals surface area contributed by atoms with E-state index in [9.17, 15) is 10.1 Å². The highest BCUT2D eigenvalue weighted by Gasteiger charge is 2.19. The van der Waals surface area contributed by atoms with E-state index >= 15 is 0 Å². The second kappa shape index (κ2) is 7.23. The zero-order chi connectivity index (χ0) is 18.7. The van der Waals surface area contributed by atoms with Gasteiger partial charge in [-0.2, -0.15) is 10.4 Å². The average Bonchev–Trinajstić information content (AvgIpc) is 3.13. The number of carbonyl (C=O) groups excluding carboxylic acids is 1. The van der Waals surface area contributed by atoms with E-state index in [1.54, 1.807) is 25.5 Å². The number of nitriles is 1. The lowest BCUT2D eigenvalue weighted by Crippen LogP contribution is -2.12. The summed E-state index contributed by atoms with van der Waals surface area (Å²) < 4.78 is 12.1. The number of hydrogen-bond donors (Lipinski definition) is 0. The van der Waals surface area contributed by atoms with E-state index in [-0.39, 0.29) is 13.0 Å². The van der Waals surface area contributed by atoms with Gasteiger partial charge in [-0.05, 0) is 32.9 Å². The monoisotopic (exact) mass is 350 g/mol. The van der Waals surface area contributed by atoms with E-state index < -0.39 is 5.97 Å². The van der Waals surface area contributed by atoms with E-state index in [1.165, 1.54) is 0 Å². The summed E-state index contributed by atoms with van der Waals surface area (Å²) in [6.45, 7) is 5.25. The number of benzene rings is 1. The van der Waals surface area contributed by atoms with Gasteiger partial charge in [-0.15, -0.1) is 0 Å². The van der Waals surface area contributed by atoms with Gasteiger partial charge in [-0.1, -0.05) is 23.4 Å². The molecule has 0 amide bonds. The number of nitrogens with zero attached hydrogens (tertiary/aromatic N) is 4. The molecule has 1 aromatic carbocycles. The molecular weight excluding hydrogens is 332 g/mol. The topological polar surface area (TPSA) is 93.9 Å². The van der Waals surface area contributed by atoms with Crippen LogP contribution in [0.1, 0.15) is 34.0 Å². The van der Waals surface area contributed by atoms with Crippen LogP contribution in [-0.4, -0.2) is 20.9 Å². The smallest absolute Gasteiger partial charge is 0.310 e. The Hall–Kier alpha value is -3.40. The Labute approximate surface area is 150 Å². The molecule has 0 fully saturated rings. The van der Waals surface area contributed by atoms with Gasteiger partial charge < -0.3 is 9.26 Å². The summed E-state index contributed by atoms with van der Waals surface area (Å²) in [6, 6.07) is 11.6. The Morgan fingerprint density at radius 2 is 1.96 bits per heavy atom. The van der Waals surface area contributed by atoms with Crippen LogP contribution in [0.4, 0.5) is 0 Å². The molecule has 0 unspecified atom stereocenters. The largest absolute Gasteiger partial charge is 0.459 e. The van der Waals surface area contributed by atoms with E-state index in [1.807, 2.05) is 30.3 Å². The quantitative estimate of drug-likeness (QED) is 0.657. The molecule has 132 valence electrons. The van der Waals surface area contributed by atoms with E-state index in [2.05, 4.69) is 16.3 Å². The first-order chi connectivity index (χ1) is 12.5. The first-order valence-electron chi connectivity index (χ1n) is 8.12. The van der Waals surface area contributed by atoms with Crippen LogP contribution in [0.25, 0.3) is 5.69 Å². The standard InChI is InChI=1S/C19H18N4O3/c1-12-17(10-20)18(23(21-12)15-7-5-4-6-8-15)11-25-19(24)9-16-13(2)22-26-14(16)3/h4-8H,9,11H2,1-3H3. The molecule has 0 aliphatic heterocycles. The van der Waals surface area contributed by atoms with Crippen molar-refractivity contribution in [3.63, 3.8) is 0 Å². The van der Waals surface area contributed by atoms with E-state index in [0.717, 1.165) is 11.3 Å². The number of aromatic nitrogens is 3. The highest BCUT2D eigenvalue weighted by Crippen LogP contribution is 2.20. The molecule has 0 aliphatic rings. The number of aryl methyl sites for hydroxylation is 3. The molecular formula is C19H18N4O3. The minimum absolute atomic E-state index is 0.0408. The Balaban J connectivity index is 1.81. The maximum atomic E-state index is 12.2. The first kappa shape index (κ1) is 17.4. The Morgan fingerprint density at radius 1 is 1.23 bits per heavy atom. The molecule has 0 saturated heterocycles. The minimum Gasteiger partial charge on any atom is -0.459 e. The summed E-state index contributed by atoms with van der Waals surface area (Å²) in [5, 5.41) is 17.7. The van der Waals surface area contributed by atoms with Crippen molar-refractivity contribution in [1.29, 1.82) is 5.26 Å². The van der Waals surface area contributed by atoms with Gasteiger partial charge in [0.15, 0.2) is 0 Å². The van der Waals surface area contributed by atoms with Crippen molar-refractivity contribution in [3.05, 3.63) is 64.3 Å². The molecule has 0 bridgehead atoms. The molecule has 3 rings (SSSR count). The molecule has 26 heavy (non-hydrogen) atoms. The van der Waals surface area contributed by atoms with Crippen molar-refractivity contribution in [3.8, 4) is 11.8 Å². The Bertz CT molecular complexity index is 961. The lowest BCUT2D eigenvalue weighted by atomic mass is 10.1. The fourth-order valence-electron chi connectivity index (χ4n) is 2.74. The third-order valence-electron chi connectivity index (χ3n) is 4.14. The van der Waals surface area contributed by atoms with Crippen LogP contribution in [0.3, 0.4) is 0 Å². The number of para-hydroxylation sites is 1. The summed E-state index contributed by atoms with van der Waals surface area (Å²) in [6.07, 6.45) is 0.0709. The maximum Gasteiger partial charge on any atom is 0.310 e. The highest BCUT2D eigenvalue weighted by atomic mass is 16.5. The van der Waals surface area contributed by atoms with E-state index in [4.69, 9.17) is 9.26 Å². The van der Waals surface area contributed by atoms with Gasteiger partial charge in [-0.25, -0.2) is 4.68 Å². The van der Waals surface area contributed by atoms with Crippen LogP contribution in [-0.2, 0) is 22.6 Å². The van der Waals surface area contributed by atoms with Gasteiger partial charge in [-0.3, -0.25) is 4.79 Å². The number of carbonyl (C=O) groups is 1. The SMILES string of the molecule is Cc1nn(-c2ccccc2)c(COC(=O)Cc2c(C)noc2C)c1C#N. The van der Waals surface area contributed by atoms with E-state index in [0.29, 0.717) is 28.4 Å². The van der Waals surface area contributed by atoms with Gasteiger partial charge in [0.1, 0.15) is 24.0 Å². The zero-order valence-electron chi connectivity index (χ0n) is 14.8. The van der Waals surface area contributed by atoms with Crippen molar-refractivity contribution in [1.82, 2.24) is 14.9 Å². The summed E-state index contributed by atoms with van der Waals surface area (Å²) >= 11 is 0. The third-order valence-corrected chi connectivity index (χ3v) is 4.14. The molecule has 0 aliphatic carbocycles. The fourth-order valence-corrected chi connectivity index (χ4v) is 2.74. The first-order valence-corrected chi connectivity index (χ1v) is 8.12. The molecule has 0 N–H and O–H groups in total. The van der Waals surface area contributed by atoms with Crippen LogP contribution in [0.5, 0.6) is 0 Å². The molecule has 0 atom stereocenters. The summed E-state index contributed by atoms with van der Waals surface area (Å²) in [5.41, 5.74) is 3.75. The van der Waals surface area contributed by atoms with Crippen molar-refractivity contribution >= 4 is 5.97 Å². The predicted molar refractivity (Wildman–Crippen MR) is 92.5 cm³/mol. The second-order valence-corrected chi connectivity index (χ2v) is 5.91. The summed E-state index contributed by atoms with van der Waals surface area (Å²) in [7, 11) is 0. The highest BCUT2D eigenvalue weighted by molar-refractivity contribution is 5.73. The van der Waals surface area contributed by atoms with Gasteiger partial charge in [0.25, 0.3) is 0 Å². The minimum atomic E-state index is -0.415. The van der Waals surface area contributed by atoms with Crippen LogP contribution in [0.2, 0.25) is 0 Å². The van der Waals surface area contributed by atoms with Crippen LogP contribution in [0, 0.1) is 32.1 Å². The Morgan fingerprint density at radius 3 is 2.58 bits per heavy atom. The van der Waals surface area contributed by atoms with Gasteiger partial charge >= 0.3 is 5.97 Å². The van der Waals surface area contributed by atoms with Gasteiger partial charge in [0, 0.05) is 5.56 Å². The molecule has 2 heterocycles. The zero-order valence-corrected chi connectivity index (χ0v) is 14.8. The van der Waals surface area contributed by atoms with Crippen molar-refractivity contribution < 1.29 is 14.1 Å². The molecule has 0 radical (unpaired) electrons. The summed E-state index contributed by atoms with van der Waals surface area (Å²) in [5.74, 6) is 0.184.